The van der Waals surface area contributed by atoms with Gasteiger partial charge in [0.1, 0.15) is 0 Å². The summed E-state index contributed by atoms with van der Waals surface area (Å²) in [6.45, 7) is 2.80. The molecule has 3 aliphatic rings. The van der Waals surface area contributed by atoms with Crippen LogP contribution in [0.1, 0.15) is 53.9 Å². The summed E-state index contributed by atoms with van der Waals surface area (Å²) in [4.78, 5) is 21.2. The number of urea groups is 1. The summed E-state index contributed by atoms with van der Waals surface area (Å²) in [5, 5.41) is 4.14. The topological polar surface area (TPSA) is 97.7 Å². The summed E-state index contributed by atoms with van der Waals surface area (Å²) in [6.07, 6.45) is -2.23. The Bertz CT molecular complexity index is 1010. The highest BCUT2D eigenvalue weighted by atomic mass is 35.5. The van der Waals surface area contributed by atoms with Crippen molar-refractivity contribution in [2.75, 3.05) is 39.4 Å². The second-order valence-electron chi connectivity index (χ2n) is 9.15. The van der Waals surface area contributed by atoms with Crippen LogP contribution in [0.5, 0.6) is 0 Å². The minimum absolute atomic E-state index is 0. The predicted octanol–water partition coefficient (Wildman–Crippen LogP) is 3.48. The average molecular weight is 502 g/mol. The Morgan fingerprint density at radius 1 is 1.06 bits per heavy atom. The zero-order chi connectivity index (χ0) is 23.2. The first-order valence-electron chi connectivity index (χ1n) is 11.1. The zero-order valence-corrected chi connectivity index (χ0v) is 19.3. The molecule has 0 radical (unpaired) electrons. The summed E-state index contributed by atoms with van der Waals surface area (Å²) in [7, 11) is 0. The van der Waals surface area contributed by atoms with Crippen molar-refractivity contribution in [3.8, 4) is 0 Å². The number of nitrogens with zero attached hydrogens (tertiary/aromatic N) is 4. The van der Waals surface area contributed by atoms with Crippen LogP contribution in [0, 0.1) is 0 Å². The molecule has 5 rings (SSSR count). The Hall–Kier alpha value is -2.37. The van der Waals surface area contributed by atoms with Crippen LogP contribution < -0.4 is 5.73 Å². The molecule has 186 valence electrons. The number of likely N-dealkylation sites (tertiary alicyclic amines) is 1. The Kier molecular flexibility index (Phi) is 6.80. The van der Waals surface area contributed by atoms with Crippen LogP contribution in [0.3, 0.4) is 0 Å². The molecule has 1 aromatic carbocycles. The summed E-state index contributed by atoms with van der Waals surface area (Å²) in [5.41, 5.74) is 5.67. The largest absolute Gasteiger partial charge is 0.416 e. The zero-order valence-electron chi connectivity index (χ0n) is 18.5. The van der Waals surface area contributed by atoms with E-state index < -0.39 is 17.3 Å². The van der Waals surface area contributed by atoms with Crippen molar-refractivity contribution in [2.24, 2.45) is 5.73 Å². The fourth-order valence-corrected chi connectivity index (χ4v) is 4.53. The molecule has 1 aliphatic carbocycles. The molecule has 2 amide bonds. The van der Waals surface area contributed by atoms with E-state index in [1.807, 2.05) is 0 Å². The van der Waals surface area contributed by atoms with Crippen LogP contribution in [0.2, 0.25) is 0 Å². The second kappa shape index (κ2) is 9.35. The molecule has 8 nitrogen and oxygen atoms in total. The lowest BCUT2D eigenvalue weighted by atomic mass is 9.84. The number of aromatic nitrogens is 2. The number of hydrogen-bond donors (Lipinski definition) is 1. The van der Waals surface area contributed by atoms with Crippen LogP contribution in [0.25, 0.3) is 0 Å². The van der Waals surface area contributed by atoms with Gasteiger partial charge in [-0.05, 0) is 37.0 Å². The van der Waals surface area contributed by atoms with Gasteiger partial charge in [-0.25, -0.2) is 4.79 Å². The number of benzene rings is 1. The Morgan fingerprint density at radius 3 is 2.32 bits per heavy atom. The van der Waals surface area contributed by atoms with E-state index in [-0.39, 0.29) is 30.3 Å². The lowest BCUT2D eigenvalue weighted by Gasteiger charge is -2.40. The van der Waals surface area contributed by atoms with Gasteiger partial charge in [-0.2, -0.15) is 18.2 Å². The number of carbonyl (C=O) groups is 1. The van der Waals surface area contributed by atoms with E-state index in [4.69, 9.17) is 15.0 Å². The molecule has 3 heterocycles. The quantitative estimate of drug-likeness (QED) is 0.691. The van der Waals surface area contributed by atoms with E-state index in [1.54, 1.807) is 9.80 Å². The van der Waals surface area contributed by atoms with Gasteiger partial charge in [0, 0.05) is 38.0 Å². The van der Waals surface area contributed by atoms with Gasteiger partial charge < -0.3 is 24.8 Å². The summed E-state index contributed by atoms with van der Waals surface area (Å²) < 4.78 is 49.8. The summed E-state index contributed by atoms with van der Waals surface area (Å²) in [6, 6.07) is 5.05. The van der Waals surface area contributed by atoms with Gasteiger partial charge in [-0.3, -0.25) is 0 Å². The third kappa shape index (κ3) is 5.01. The molecule has 2 saturated heterocycles. The van der Waals surface area contributed by atoms with Crippen LogP contribution in [0.4, 0.5) is 18.0 Å². The number of carbonyl (C=O) groups excluding carboxylic acids is 1. The lowest BCUT2D eigenvalue weighted by molar-refractivity contribution is -0.137. The van der Waals surface area contributed by atoms with Gasteiger partial charge in [-0.1, -0.05) is 17.3 Å². The predicted molar refractivity (Wildman–Crippen MR) is 118 cm³/mol. The average Bonchev–Trinajstić information content (AvgIpc) is 3.37. The third-order valence-electron chi connectivity index (χ3n) is 6.73. The van der Waals surface area contributed by atoms with E-state index in [9.17, 15) is 18.0 Å². The molecule has 1 saturated carbocycles. The van der Waals surface area contributed by atoms with Gasteiger partial charge in [0.25, 0.3) is 0 Å². The molecule has 2 aromatic rings. The molecular formula is C22H27ClF3N5O3. The molecular weight excluding hydrogens is 475 g/mol. The monoisotopic (exact) mass is 501 g/mol. The van der Waals surface area contributed by atoms with Crippen LogP contribution in [-0.4, -0.2) is 65.4 Å². The normalized spacial score (nSPS) is 24.5. The highest BCUT2D eigenvalue weighted by Crippen LogP contribution is 2.43. The minimum atomic E-state index is -4.39. The molecule has 0 bridgehead atoms. The lowest BCUT2D eigenvalue weighted by Crippen LogP contribution is -2.52. The fourth-order valence-electron chi connectivity index (χ4n) is 4.53. The number of piperidine rings is 1. The molecule has 34 heavy (non-hydrogen) atoms. The maximum Gasteiger partial charge on any atom is 0.416 e. The first kappa shape index (κ1) is 24.7. The fraction of sp³-hybridized carbons (Fsp3) is 0.591. The van der Waals surface area contributed by atoms with Crippen molar-refractivity contribution in [3.05, 3.63) is 47.1 Å². The number of amides is 2. The SMILES string of the molecule is Cl.NC1(c2nc(C3CC(c4ccc(C(F)(F)F)cc4)CN(C(=O)N4CCOCC4)C3)no2)CC1. The van der Waals surface area contributed by atoms with Crippen LogP contribution >= 0.6 is 12.4 Å². The Labute approximate surface area is 201 Å². The molecule has 2 aliphatic heterocycles. The molecule has 12 heteroatoms. The number of rotatable bonds is 3. The Morgan fingerprint density at radius 2 is 1.71 bits per heavy atom. The molecule has 3 fully saturated rings. The van der Waals surface area contributed by atoms with E-state index in [1.165, 1.54) is 12.1 Å². The van der Waals surface area contributed by atoms with Crippen molar-refractivity contribution < 1.29 is 27.2 Å². The van der Waals surface area contributed by atoms with Crippen LogP contribution in [-0.2, 0) is 16.5 Å². The van der Waals surface area contributed by atoms with E-state index in [0.29, 0.717) is 57.5 Å². The molecule has 0 spiro atoms. The number of halogens is 4. The van der Waals surface area contributed by atoms with Gasteiger partial charge in [0.05, 0.1) is 24.3 Å². The van der Waals surface area contributed by atoms with Crippen molar-refractivity contribution in [1.29, 1.82) is 0 Å². The first-order chi connectivity index (χ1) is 15.7. The highest BCUT2D eigenvalue weighted by Gasteiger charge is 2.46. The first-order valence-corrected chi connectivity index (χ1v) is 11.1. The minimum Gasteiger partial charge on any atom is -0.378 e. The second-order valence-corrected chi connectivity index (χ2v) is 9.15. The Balaban J connectivity index is 0.00000274. The standard InChI is InChI=1S/C22H26F3N5O3.ClH/c23-22(24,25)17-3-1-14(2-4-17)15-11-16(18-27-19(33-28-18)21(26)5-6-21)13-30(12-15)20(31)29-7-9-32-10-8-29;/h1-4,15-16H,5-13,26H2;1H. The molecule has 1 aromatic heterocycles. The molecule has 2 N–H and O–H groups in total. The number of ether oxygens (including phenoxy) is 1. The number of hydrogen-bond acceptors (Lipinski definition) is 6. The maximum absolute atomic E-state index is 13.2. The number of alkyl halides is 3. The van der Waals surface area contributed by atoms with Crippen molar-refractivity contribution in [3.63, 3.8) is 0 Å². The summed E-state index contributed by atoms with van der Waals surface area (Å²) in [5.74, 6) is 0.514. The van der Waals surface area contributed by atoms with E-state index in [0.717, 1.165) is 30.5 Å². The van der Waals surface area contributed by atoms with E-state index in [2.05, 4.69) is 10.1 Å². The number of morpholine rings is 1. The highest BCUT2D eigenvalue weighted by molar-refractivity contribution is 5.85. The van der Waals surface area contributed by atoms with Gasteiger partial charge in [-0.15, -0.1) is 12.4 Å². The molecule has 2 atom stereocenters. The van der Waals surface area contributed by atoms with E-state index >= 15 is 0 Å². The third-order valence-corrected chi connectivity index (χ3v) is 6.73. The summed E-state index contributed by atoms with van der Waals surface area (Å²) >= 11 is 0. The van der Waals surface area contributed by atoms with Crippen molar-refractivity contribution in [1.82, 2.24) is 19.9 Å². The van der Waals surface area contributed by atoms with Gasteiger partial charge in [0.15, 0.2) is 5.82 Å². The van der Waals surface area contributed by atoms with Crippen LogP contribution in [0.15, 0.2) is 28.8 Å². The van der Waals surface area contributed by atoms with Crippen molar-refractivity contribution in [2.45, 2.75) is 42.8 Å². The van der Waals surface area contributed by atoms with Gasteiger partial charge >= 0.3 is 12.2 Å². The van der Waals surface area contributed by atoms with Gasteiger partial charge in [0.2, 0.25) is 5.89 Å². The molecule has 2 unspecified atom stereocenters. The smallest absolute Gasteiger partial charge is 0.378 e. The maximum atomic E-state index is 13.2. The number of nitrogens with two attached hydrogens (primary N) is 1. The van der Waals surface area contributed by atoms with Crippen molar-refractivity contribution >= 4 is 18.4 Å².